The molecule has 0 unspecified atom stereocenters. The van der Waals surface area contributed by atoms with E-state index in [1.165, 1.54) is 0 Å². The Morgan fingerprint density at radius 3 is 2.41 bits per heavy atom. The molecule has 0 spiro atoms. The Morgan fingerprint density at radius 1 is 1.12 bits per heavy atom. The molecule has 0 bridgehead atoms. The van der Waals surface area contributed by atoms with E-state index in [9.17, 15) is 18.0 Å². The SMILES string of the molecule is O=C1CCCCc2cc(C(F)(F)F)c(Cl)cc21. The summed E-state index contributed by atoms with van der Waals surface area (Å²) in [6, 6.07) is 2.17. The van der Waals surface area contributed by atoms with Gasteiger partial charge in [-0.1, -0.05) is 11.6 Å². The summed E-state index contributed by atoms with van der Waals surface area (Å²) in [5, 5.41) is -0.397. The second-order valence-electron chi connectivity index (χ2n) is 4.12. The fraction of sp³-hybridized carbons (Fsp3) is 0.417. The van der Waals surface area contributed by atoms with Crippen LogP contribution in [0, 0.1) is 0 Å². The molecule has 2 rings (SSSR count). The summed E-state index contributed by atoms with van der Waals surface area (Å²) >= 11 is 5.59. The van der Waals surface area contributed by atoms with Gasteiger partial charge in [-0.25, -0.2) is 0 Å². The number of rotatable bonds is 0. The van der Waals surface area contributed by atoms with Gasteiger partial charge in [-0.15, -0.1) is 0 Å². The maximum absolute atomic E-state index is 12.6. The van der Waals surface area contributed by atoms with Gasteiger partial charge in [0.2, 0.25) is 0 Å². The molecule has 0 N–H and O–H groups in total. The number of fused-ring (bicyclic) bond motifs is 1. The van der Waals surface area contributed by atoms with Crippen molar-refractivity contribution in [3.8, 4) is 0 Å². The fourth-order valence-corrected chi connectivity index (χ4v) is 2.31. The highest BCUT2D eigenvalue weighted by Gasteiger charge is 2.34. The van der Waals surface area contributed by atoms with Gasteiger partial charge in [0.25, 0.3) is 0 Å². The number of hydrogen-bond donors (Lipinski definition) is 0. The number of ketones is 1. The number of carbonyl (C=O) groups is 1. The van der Waals surface area contributed by atoms with Gasteiger partial charge in [0.15, 0.2) is 5.78 Å². The maximum Gasteiger partial charge on any atom is 0.417 e. The Bertz CT molecular complexity index is 466. The molecule has 0 amide bonds. The lowest BCUT2D eigenvalue weighted by molar-refractivity contribution is -0.137. The van der Waals surface area contributed by atoms with Crippen molar-refractivity contribution in [1.29, 1.82) is 0 Å². The highest BCUT2D eigenvalue weighted by Crippen LogP contribution is 2.37. The molecule has 5 heteroatoms. The van der Waals surface area contributed by atoms with Crippen LogP contribution in [0.15, 0.2) is 12.1 Å². The first-order valence-corrected chi connectivity index (χ1v) is 5.70. The highest BCUT2D eigenvalue weighted by atomic mass is 35.5. The predicted molar refractivity (Wildman–Crippen MR) is 58.3 cm³/mol. The van der Waals surface area contributed by atoms with Gasteiger partial charge in [-0.2, -0.15) is 13.2 Å². The van der Waals surface area contributed by atoms with Gasteiger partial charge in [0, 0.05) is 12.0 Å². The molecule has 0 aliphatic heterocycles. The normalized spacial score (nSPS) is 16.6. The van der Waals surface area contributed by atoms with Crippen LogP contribution in [-0.2, 0) is 12.6 Å². The van der Waals surface area contributed by atoms with Crippen LogP contribution in [0.1, 0.15) is 40.7 Å². The van der Waals surface area contributed by atoms with Crippen molar-refractivity contribution in [2.75, 3.05) is 0 Å². The third kappa shape index (κ3) is 2.46. The standard InChI is InChI=1S/C12H10ClF3O/c13-10-6-8-7(3-1-2-4-11(8)17)5-9(10)12(14,15)16/h5-6H,1-4H2. The third-order valence-electron chi connectivity index (χ3n) is 2.90. The minimum atomic E-state index is -4.47. The number of hydrogen-bond acceptors (Lipinski definition) is 1. The average molecular weight is 263 g/mol. The summed E-state index contributed by atoms with van der Waals surface area (Å²) in [4.78, 5) is 11.7. The van der Waals surface area contributed by atoms with Gasteiger partial charge >= 0.3 is 6.18 Å². The molecule has 0 saturated carbocycles. The topological polar surface area (TPSA) is 17.1 Å². The summed E-state index contributed by atoms with van der Waals surface area (Å²) in [5.74, 6) is -0.117. The Kier molecular flexibility index (Phi) is 3.17. The minimum Gasteiger partial charge on any atom is -0.294 e. The lowest BCUT2D eigenvalue weighted by Crippen LogP contribution is -2.09. The van der Waals surface area contributed by atoms with Crippen LogP contribution < -0.4 is 0 Å². The number of benzene rings is 1. The van der Waals surface area contributed by atoms with Crippen molar-refractivity contribution in [1.82, 2.24) is 0 Å². The Labute approximate surface area is 102 Å². The Hall–Kier alpha value is -1.03. The first-order chi connectivity index (χ1) is 7.89. The smallest absolute Gasteiger partial charge is 0.294 e. The van der Waals surface area contributed by atoms with E-state index < -0.39 is 16.8 Å². The zero-order chi connectivity index (χ0) is 12.6. The number of carbonyl (C=O) groups excluding carboxylic acids is 1. The van der Waals surface area contributed by atoms with E-state index in [4.69, 9.17) is 11.6 Å². The summed E-state index contributed by atoms with van der Waals surface area (Å²) in [7, 11) is 0. The lowest BCUT2D eigenvalue weighted by atomic mass is 9.99. The van der Waals surface area contributed by atoms with Gasteiger partial charge in [0.05, 0.1) is 10.6 Å². The van der Waals surface area contributed by atoms with Crippen molar-refractivity contribution < 1.29 is 18.0 Å². The number of aryl methyl sites for hydroxylation is 1. The monoisotopic (exact) mass is 262 g/mol. The van der Waals surface area contributed by atoms with Crippen LogP contribution in [0.4, 0.5) is 13.2 Å². The van der Waals surface area contributed by atoms with Gasteiger partial charge in [0.1, 0.15) is 0 Å². The summed E-state index contributed by atoms with van der Waals surface area (Å²) in [6.07, 6.45) is -2.14. The number of alkyl halides is 3. The van der Waals surface area contributed by atoms with E-state index in [0.717, 1.165) is 18.6 Å². The first kappa shape index (κ1) is 12.4. The minimum absolute atomic E-state index is 0.117. The molecule has 0 saturated heterocycles. The molecule has 17 heavy (non-hydrogen) atoms. The molecule has 1 aliphatic carbocycles. The van der Waals surface area contributed by atoms with E-state index >= 15 is 0 Å². The average Bonchev–Trinajstić information content (AvgIpc) is 2.39. The van der Waals surface area contributed by atoms with Crippen molar-refractivity contribution in [2.45, 2.75) is 31.9 Å². The van der Waals surface area contributed by atoms with Crippen molar-refractivity contribution in [2.24, 2.45) is 0 Å². The van der Waals surface area contributed by atoms with Crippen LogP contribution in [0.3, 0.4) is 0 Å². The van der Waals surface area contributed by atoms with Crippen LogP contribution in [0.5, 0.6) is 0 Å². The molecule has 0 aromatic heterocycles. The quantitative estimate of drug-likeness (QED) is 0.638. The molecule has 0 heterocycles. The fourth-order valence-electron chi connectivity index (χ4n) is 2.04. The van der Waals surface area contributed by atoms with E-state index in [2.05, 4.69) is 0 Å². The van der Waals surface area contributed by atoms with Gasteiger partial charge < -0.3 is 0 Å². The van der Waals surface area contributed by atoms with Gasteiger partial charge in [-0.05, 0) is 37.0 Å². The molecule has 92 valence electrons. The Balaban J connectivity index is 2.56. The summed E-state index contributed by atoms with van der Waals surface area (Å²) in [5.41, 5.74) is -0.0441. The molecule has 0 atom stereocenters. The largest absolute Gasteiger partial charge is 0.417 e. The molecular formula is C12H10ClF3O. The number of Topliss-reactive ketones (excluding diaryl/α,β-unsaturated/α-hetero) is 1. The van der Waals surface area contributed by atoms with Gasteiger partial charge in [-0.3, -0.25) is 4.79 Å². The molecule has 1 aromatic rings. The second-order valence-corrected chi connectivity index (χ2v) is 4.52. The van der Waals surface area contributed by atoms with E-state index in [-0.39, 0.29) is 5.78 Å². The maximum atomic E-state index is 12.6. The molecule has 1 aromatic carbocycles. The molecular weight excluding hydrogens is 253 g/mol. The van der Waals surface area contributed by atoms with E-state index in [1.807, 2.05) is 0 Å². The zero-order valence-electron chi connectivity index (χ0n) is 8.90. The van der Waals surface area contributed by atoms with Crippen molar-refractivity contribution >= 4 is 17.4 Å². The highest BCUT2D eigenvalue weighted by molar-refractivity contribution is 6.32. The summed E-state index contributed by atoms with van der Waals surface area (Å²) < 4.78 is 37.9. The zero-order valence-corrected chi connectivity index (χ0v) is 9.66. The van der Waals surface area contributed by atoms with Crippen LogP contribution in [-0.4, -0.2) is 5.78 Å². The number of halogens is 4. The van der Waals surface area contributed by atoms with Crippen LogP contribution in [0.25, 0.3) is 0 Å². The second kappa shape index (κ2) is 4.33. The van der Waals surface area contributed by atoms with Crippen LogP contribution >= 0.6 is 11.6 Å². The third-order valence-corrected chi connectivity index (χ3v) is 3.21. The first-order valence-electron chi connectivity index (χ1n) is 5.32. The lowest BCUT2D eigenvalue weighted by Gasteiger charge is -2.13. The molecule has 0 fully saturated rings. The molecule has 1 aliphatic rings. The van der Waals surface area contributed by atoms with Crippen molar-refractivity contribution in [3.05, 3.63) is 33.8 Å². The van der Waals surface area contributed by atoms with E-state index in [1.54, 1.807) is 0 Å². The van der Waals surface area contributed by atoms with Crippen LogP contribution in [0.2, 0.25) is 5.02 Å². The Morgan fingerprint density at radius 2 is 1.76 bits per heavy atom. The van der Waals surface area contributed by atoms with Crippen molar-refractivity contribution in [3.63, 3.8) is 0 Å². The van der Waals surface area contributed by atoms with E-state index in [0.29, 0.717) is 30.4 Å². The molecule has 1 nitrogen and oxygen atoms in total. The predicted octanol–water partition coefficient (Wildman–Crippen LogP) is 4.27. The molecule has 0 radical (unpaired) electrons. The summed E-state index contributed by atoms with van der Waals surface area (Å²) in [6.45, 7) is 0.